The Morgan fingerprint density at radius 1 is 1.44 bits per heavy atom. The zero-order valence-electron chi connectivity index (χ0n) is 8.03. The smallest absolute Gasteiger partial charge is 0.427 e. The van der Waals surface area contributed by atoms with Crippen LogP contribution in [0.4, 0.5) is 5.69 Å². The van der Waals surface area contributed by atoms with Gasteiger partial charge in [-0.05, 0) is 12.1 Å². The van der Waals surface area contributed by atoms with Crippen molar-refractivity contribution in [2.24, 2.45) is 0 Å². The molecule has 0 amide bonds. The fourth-order valence-electron chi connectivity index (χ4n) is 0.741. The summed E-state index contributed by atoms with van der Waals surface area (Å²) in [4.78, 5) is 2.99. The van der Waals surface area contributed by atoms with Crippen LogP contribution >= 0.6 is 11.6 Å². The third-order valence-corrected chi connectivity index (χ3v) is 1.48. The zero-order chi connectivity index (χ0) is 12.8. The van der Waals surface area contributed by atoms with Gasteiger partial charge in [0.15, 0.2) is 4.98 Å². The van der Waals surface area contributed by atoms with Gasteiger partial charge < -0.3 is 4.74 Å². The fraction of sp³-hybridized carbons (Fsp3) is 0.143. The number of ether oxygens (including phenoxy) is 1. The van der Waals surface area contributed by atoms with Crippen LogP contribution in [0.5, 0.6) is 5.75 Å². The van der Waals surface area contributed by atoms with Crippen LogP contribution in [0.2, 0.25) is 5.02 Å². The van der Waals surface area contributed by atoms with Gasteiger partial charge in [0, 0.05) is 5.02 Å². The van der Waals surface area contributed by atoms with Crippen LogP contribution in [0.1, 0.15) is 0 Å². The molecule has 7 nitrogen and oxygen atoms in total. The van der Waals surface area contributed by atoms with Crippen molar-refractivity contribution in [2.45, 2.75) is 0 Å². The number of hydrogen-bond donors (Lipinski definition) is 2. The predicted molar refractivity (Wildman–Crippen MR) is 56.9 cm³/mol. The number of nitrogens with zero attached hydrogens (tertiary/aromatic N) is 2. The summed E-state index contributed by atoms with van der Waals surface area (Å²) in [6.45, 7) is 0. The van der Waals surface area contributed by atoms with E-state index in [4.69, 9.17) is 39.3 Å². The van der Waals surface area contributed by atoms with E-state index in [2.05, 4.69) is 4.98 Å². The summed E-state index contributed by atoms with van der Waals surface area (Å²) in [5.41, 5.74) is 0.333. The number of hydrogen-bond acceptors (Lipinski definition) is 4. The summed E-state index contributed by atoms with van der Waals surface area (Å²) in [5, 5.41) is 8.97. The quantitative estimate of drug-likeness (QED) is 0.596. The van der Waals surface area contributed by atoms with Gasteiger partial charge in [0.2, 0.25) is 11.1 Å². The highest BCUT2D eigenvalue weighted by Crippen LogP contribution is 2.29. The molecule has 1 aromatic rings. The third-order valence-electron chi connectivity index (χ3n) is 1.25. The minimum Gasteiger partial charge on any atom is -0.489 e. The number of diazo groups is 1. The Morgan fingerprint density at radius 3 is 2.31 bits per heavy atom. The summed E-state index contributed by atoms with van der Waals surface area (Å²) < 4.78 is 36.5. The number of rotatable bonds is 1. The van der Waals surface area contributed by atoms with E-state index in [0.717, 1.165) is 0 Å². The fourth-order valence-corrected chi connectivity index (χ4v) is 0.908. The Bertz CT molecular complexity index is 488. The first-order valence-corrected chi connectivity index (χ1v) is 5.44. The van der Waals surface area contributed by atoms with Crippen LogP contribution < -0.4 is 4.74 Å². The van der Waals surface area contributed by atoms with Crippen molar-refractivity contribution in [3.63, 3.8) is 0 Å². The predicted octanol–water partition coefficient (Wildman–Crippen LogP) is 2.18. The molecule has 0 aliphatic carbocycles. The van der Waals surface area contributed by atoms with Crippen LogP contribution in [0.3, 0.4) is 0 Å². The SMILES string of the molecule is COc1ccc(Cl)cc1[N+]#N.O=S(=O)(O)O. The van der Waals surface area contributed by atoms with Crippen LogP contribution in [0.25, 0.3) is 4.98 Å². The van der Waals surface area contributed by atoms with E-state index >= 15 is 0 Å². The first-order chi connectivity index (χ1) is 7.27. The van der Waals surface area contributed by atoms with Crippen LogP contribution in [-0.4, -0.2) is 24.6 Å². The number of halogens is 1. The maximum atomic E-state index is 8.74. The van der Waals surface area contributed by atoms with E-state index < -0.39 is 10.4 Å². The molecule has 0 spiro atoms. The molecule has 2 N–H and O–H groups in total. The molecule has 1 rings (SSSR count). The lowest BCUT2D eigenvalue weighted by Gasteiger charge is -1.93. The second-order valence-corrected chi connectivity index (χ2v) is 3.70. The molecule has 16 heavy (non-hydrogen) atoms. The lowest BCUT2D eigenvalue weighted by Crippen LogP contribution is -1.89. The second kappa shape index (κ2) is 6.24. The first kappa shape index (κ1) is 14.6. The number of benzene rings is 1. The standard InChI is InChI=1S/C7H6ClN2O.H2O4S/c1-11-7-3-2-5(8)4-6(7)10-9;1-5(2,3)4/h2-4H,1H3;(H2,1,2,3,4)/q+1;. The van der Waals surface area contributed by atoms with E-state index in [9.17, 15) is 0 Å². The molecule has 0 fully saturated rings. The lowest BCUT2D eigenvalue weighted by molar-refractivity contribution is 0.381. The van der Waals surface area contributed by atoms with Crippen molar-refractivity contribution < 1.29 is 22.3 Å². The molecule has 0 bridgehead atoms. The van der Waals surface area contributed by atoms with Crippen LogP contribution in [0, 0.1) is 5.39 Å². The molecule has 0 aliphatic rings. The lowest BCUT2D eigenvalue weighted by atomic mass is 10.3. The molecule has 0 saturated carbocycles. The first-order valence-electron chi connectivity index (χ1n) is 3.66. The van der Waals surface area contributed by atoms with Gasteiger partial charge in [0.05, 0.1) is 13.2 Å². The van der Waals surface area contributed by atoms with Crippen molar-refractivity contribution in [3.05, 3.63) is 28.2 Å². The van der Waals surface area contributed by atoms with Gasteiger partial charge in [-0.25, -0.2) is 0 Å². The van der Waals surface area contributed by atoms with Crippen LogP contribution in [-0.2, 0) is 10.4 Å². The molecule has 0 saturated heterocycles. The van der Waals surface area contributed by atoms with E-state index in [1.165, 1.54) is 13.2 Å². The largest absolute Gasteiger partial charge is 0.489 e. The van der Waals surface area contributed by atoms with Gasteiger partial charge in [0.1, 0.15) is 0 Å². The normalized spacial score (nSPS) is 9.69. The molecule has 88 valence electrons. The third kappa shape index (κ3) is 6.97. The molecule has 0 heterocycles. The van der Waals surface area contributed by atoms with E-state index in [1.54, 1.807) is 12.1 Å². The van der Waals surface area contributed by atoms with Gasteiger partial charge in [-0.2, -0.15) is 8.42 Å². The molecule has 9 heteroatoms. The van der Waals surface area contributed by atoms with Crippen molar-refractivity contribution in [1.29, 1.82) is 5.39 Å². The van der Waals surface area contributed by atoms with Gasteiger partial charge in [-0.3, -0.25) is 9.11 Å². The van der Waals surface area contributed by atoms with E-state index in [1.807, 2.05) is 0 Å². The van der Waals surface area contributed by atoms with Crippen molar-refractivity contribution >= 4 is 27.7 Å². The average molecular weight is 268 g/mol. The summed E-state index contributed by atoms with van der Waals surface area (Å²) in [5.74, 6) is 0.497. The van der Waals surface area contributed by atoms with Gasteiger partial charge >= 0.3 is 16.1 Å². The summed E-state index contributed by atoms with van der Waals surface area (Å²) in [6, 6.07) is 4.81. The second-order valence-electron chi connectivity index (χ2n) is 2.36. The highest BCUT2D eigenvalue weighted by molar-refractivity contribution is 7.79. The maximum absolute atomic E-state index is 8.74. The summed E-state index contributed by atoms with van der Waals surface area (Å²) in [6.07, 6.45) is 0. The Labute approximate surface area is 96.8 Å². The Balaban J connectivity index is 0.000000385. The van der Waals surface area contributed by atoms with Gasteiger partial charge in [-0.1, -0.05) is 11.6 Å². The molecule has 0 radical (unpaired) electrons. The van der Waals surface area contributed by atoms with Crippen LogP contribution in [0.15, 0.2) is 18.2 Å². The Morgan fingerprint density at radius 2 is 1.94 bits per heavy atom. The van der Waals surface area contributed by atoms with Crippen molar-refractivity contribution in [1.82, 2.24) is 0 Å². The topological polar surface area (TPSA) is 112 Å². The Hall–Kier alpha value is -1.40. The van der Waals surface area contributed by atoms with E-state index in [0.29, 0.717) is 16.5 Å². The molecule has 0 aliphatic heterocycles. The van der Waals surface area contributed by atoms with Crippen molar-refractivity contribution in [3.8, 4) is 5.75 Å². The van der Waals surface area contributed by atoms with Gasteiger partial charge in [-0.15, -0.1) is 0 Å². The van der Waals surface area contributed by atoms with Gasteiger partial charge in [0.25, 0.3) is 0 Å². The maximum Gasteiger partial charge on any atom is 0.427 e. The van der Waals surface area contributed by atoms with Crippen molar-refractivity contribution in [2.75, 3.05) is 7.11 Å². The molecule has 0 atom stereocenters. The summed E-state index contributed by atoms with van der Waals surface area (Å²) >= 11 is 5.63. The minimum absolute atomic E-state index is 0.333. The molecular weight excluding hydrogens is 260 g/mol. The molecular formula is C7H8ClN2O5S+. The monoisotopic (exact) mass is 267 g/mol. The highest BCUT2D eigenvalue weighted by Gasteiger charge is 2.13. The molecule has 0 unspecified atom stereocenters. The van der Waals surface area contributed by atoms with E-state index in [-0.39, 0.29) is 0 Å². The summed E-state index contributed by atoms with van der Waals surface area (Å²) in [7, 11) is -3.17. The number of methoxy groups -OCH3 is 1. The average Bonchev–Trinajstić information content (AvgIpc) is 2.15. The highest BCUT2D eigenvalue weighted by atomic mass is 35.5. The minimum atomic E-state index is -4.67. The molecule has 0 aromatic heterocycles. The Kier molecular flexibility index (Phi) is 5.69. The zero-order valence-corrected chi connectivity index (χ0v) is 9.60. The molecule has 1 aromatic carbocycles.